The zero-order chi connectivity index (χ0) is 22.9. The first kappa shape index (κ1) is 20.7. The average Bonchev–Trinajstić information content (AvgIpc) is 3.45. The standard InChI is InChI=1S/C25H19N3O4S/c29-19-7-2-1-6-18(19)28-23(22(27-25(28)33)17-5-3-4-14-26-17)21-13-12-20(32-21)15-8-10-16(11-9-15)24(30)31/h1-14,22-23,29H,(H,27,33)(H,30,31)/t22-,23-/m1/s1. The molecule has 4 aromatic rings. The van der Waals surface area contributed by atoms with Crippen molar-refractivity contribution in [3.8, 4) is 17.1 Å². The van der Waals surface area contributed by atoms with Crippen LogP contribution < -0.4 is 10.2 Å². The number of carboxylic acids is 1. The molecule has 8 heteroatoms. The molecule has 0 amide bonds. The van der Waals surface area contributed by atoms with Crippen molar-refractivity contribution < 1.29 is 19.4 Å². The number of aromatic hydroxyl groups is 1. The molecule has 2 aromatic heterocycles. The zero-order valence-electron chi connectivity index (χ0n) is 17.3. The fraction of sp³-hybridized carbons (Fsp3) is 0.0800. The van der Waals surface area contributed by atoms with Gasteiger partial charge in [-0.25, -0.2) is 4.79 Å². The van der Waals surface area contributed by atoms with Gasteiger partial charge in [0, 0.05) is 11.8 Å². The summed E-state index contributed by atoms with van der Waals surface area (Å²) in [7, 11) is 0. The molecule has 164 valence electrons. The topological polar surface area (TPSA) is 98.8 Å². The first-order chi connectivity index (χ1) is 16.0. The second kappa shape index (κ2) is 8.40. The number of nitrogens with one attached hydrogen (secondary N) is 1. The first-order valence-electron chi connectivity index (χ1n) is 10.2. The average molecular weight is 458 g/mol. The predicted molar refractivity (Wildman–Crippen MR) is 127 cm³/mol. The van der Waals surface area contributed by atoms with E-state index in [9.17, 15) is 9.90 Å². The first-order valence-corrected chi connectivity index (χ1v) is 10.7. The third-order valence-electron chi connectivity index (χ3n) is 5.57. The van der Waals surface area contributed by atoms with Crippen LogP contribution in [-0.2, 0) is 0 Å². The van der Waals surface area contributed by atoms with Gasteiger partial charge in [-0.05, 0) is 60.7 Å². The second-order valence-electron chi connectivity index (χ2n) is 7.57. The number of para-hydroxylation sites is 2. The van der Waals surface area contributed by atoms with Crippen molar-refractivity contribution in [3.63, 3.8) is 0 Å². The van der Waals surface area contributed by atoms with Crippen molar-refractivity contribution in [2.75, 3.05) is 4.90 Å². The van der Waals surface area contributed by atoms with Gasteiger partial charge in [0.2, 0.25) is 0 Å². The minimum absolute atomic E-state index is 0.101. The van der Waals surface area contributed by atoms with Crippen molar-refractivity contribution in [2.24, 2.45) is 0 Å². The Labute approximate surface area is 194 Å². The highest BCUT2D eigenvalue weighted by Gasteiger charge is 2.43. The number of pyridine rings is 1. The van der Waals surface area contributed by atoms with Crippen LogP contribution in [0.5, 0.6) is 5.75 Å². The Bertz CT molecular complexity index is 1320. The molecule has 0 bridgehead atoms. The van der Waals surface area contributed by atoms with Gasteiger partial charge in [-0.3, -0.25) is 4.98 Å². The third kappa shape index (κ3) is 3.81. The van der Waals surface area contributed by atoms with Gasteiger partial charge >= 0.3 is 5.97 Å². The SMILES string of the molecule is O=C(O)c1ccc(-c2ccc([C@@H]3[C@@H](c4ccccn4)NC(=S)N3c3ccccc3O)o2)cc1. The number of aromatic carboxylic acids is 1. The van der Waals surface area contributed by atoms with Crippen LogP contribution in [-0.4, -0.2) is 26.3 Å². The van der Waals surface area contributed by atoms with E-state index in [2.05, 4.69) is 10.3 Å². The summed E-state index contributed by atoms with van der Waals surface area (Å²) in [5.41, 5.74) is 2.30. The summed E-state index contributed by atoms with van der Waals surface area (Å²) in [6.07, 6.45) is 1.72. The van der Waals surface area contributed by atoms with Crippen molar-refractivity contribution >= 4 is 29.0 Å². The molecule has 5 rings (SSSR count). The Morgan fingerprint density at radius 3 is 2.45 bits per heavy atom. The van der Waals surface area contributed by atoms with E-state index in [0.717, 1.165) is 11.3 Å². The van der Waals surface area contributed by atoms with Gasteiger partial charge in [0.1, 0.15) is 23.3 Å². The smallest absolute Gasteiger partial charge is 0.335 e. The van der Waals surface area contributed by atoms with Crippen LogP contribution in [0.1, 0.15) is 33.9 Å². The molecular weight excluding hydrogens is 438 g/mol. The van der Waals surface area contributed by atoms with Crippen molar-refractivity contribution in [1.82, 2.24) is 10.3 Å². The molecule has 1 aliphatic heterocycles. The van der Waals surface area contributed by atoms with E-state index in [0.29, 0.717) is 22.3 Å². The summed E-state index contributed by atoms with van der Waals surface area (Å²) < 4.78 is 6.25. The van der Waals surface area contributed by atoms with Crippen LogP contribution in [0.2, 0.25) is 0 Å². The fourth-order valence-corrected chi connectivity index (χ4v) is 4.35. The van der Waals surface area contributed by atoms with Gasteiger partial charge in [-0.1, -0.05) is 30.3 Å². The number of phenols is 1. The molecule has 0 aliphatic carbocycles. The molecule has 33 heavy (non-hydrogen) atoms. The summed E-state index contributed by atoms with van der Waals surface area (Å²) >= 11 is 5.65. The fourth-order valence-electron chi connectivity index (χ4n) is 4.02. The molecule has 0 unspecified atom stereocenters. The number of phenolic OH excluding ortho intramolecular Hbond substituents is 1. The zero-order valence-corrected chi connectivity index (χ0v) is 18.1. The molecule has 0 saturated carbocycles. The minimum Gasteiger partial charge on any atom is -0.506 e. The molecule has 2 atom stereocenters. The number of hydrogen-bond acceptors (Lipinski definition) is 5. The normalized spacial score (nSPS) is 17.7. The van der Waals surface area contributed by atoms with E-state index in [1.165, 1.54) is 12.1 Å². The highest BCUT2D eigenvalue weighted by molar-refractivity contribution is 7.80. The van der Waals surface area contributed by atoms with Crippen molar-refractivity contribution in [1.29, 1.82) is 0 Å². The number of aromatic nitrogens is 1. The quantitative estimate of drug-likeness (QED) is 0.363. The number of benzene rings is 2. The van der Waals surface area contributed by atoms with Gasteiger partial charge in [0.05, 0.1) is 23.0 Å². The van der Waals surface area contributed by atoms with Crippen LogP contribution in [0.4, 0.5) is 5.69 Å². The van der Waals surface area contributed by atoms with Gasteiger partial charge < -0.3 is 24.8 Å². The number of hydrogen-bond donors (Lipinski definition) is 3. The number of anilines is 1. The highest BCUT2D eigenvalue weighted by atomic mass is 32.1. The predicted octanol–water partition coefficient (Wildman–Crippen LogP) is 4.92. The Morgan fingerprint density at radius 1 is 1.00 bits per heavy atom. The van der Waals surface area contributed by atoms with E-state index < -0.39 is 12.0 Å². The molecule has 7 nitrogen and oxygen atoms in total. The molecule has 2 aromatic carbocycles. The van der Waals surface area contributed by atoms with Crippen molar-refractivity contribution in [2.45, 2.75) is 12.1 Å². The van der Waals surface area contributed by atoms with Crippen LogP contribution >= 0.6 is 12.2 Å². The maximum absolute atomic E-state index is 11.2. The van der Waals surface area contributed by atoms with Gasteiger partial charge in [0.25, 0.3) is 0 Å². The number of carboxylic acid groups (broad SMARTS) is 1. The summed E-state index contributed by atoms with van der Waals surface area (Å²) in [5, 5.41) is 23.4. The van der Waals surface area contributed by atoms with E-state index in [1.807, 2.05) is 41.3 Å². The van der Waals surface area contributed by atoms with Gasteiger partial charge in [-0.15, -0.1) is 0 Å². The van der Waals surface area contributed by atoms with E-state index in [4.69, 9.17) is 21.7 Å². The number of furan rings is 1. The lowest BCUT2D eigenvalue weighted by Crippen LogP contribution is -2.29. The highest BCUT2D eigenvalue weighted by Crippen LogP contribution is 2.45. The Balaban J connectivity index is 1.58. The number of nitrogens with zero attached hydrogens (tertiary/aromatic N) is 2. The monoisotopic (exact) mass is 457 g/mol. The number of thiocarbonyl (C=S) groups is 1. The molecule has 3 heterocycles. The Kier molecular flexibility index (Phi) is 5.27. The minimum atomic E-state index is -0.983. The largest absolute Gasteiger partial charge is 0.506 e. The molecule has 3 N–H and O–H groups in total. The molecular formula is C25H19N3O4S. The lowest BCUT2D eigenvalue weighted by molar-refractivity contribution is 0.0697. The maximum atomic E-state index is 11.2. The molecule has 0 spiro atoms. The van der Waals surface area contributed by atoms with E-state index in [-0.39, 0.29) is 17.4 Å². The van der Waals surface area contributed by atoms with Crippen LogP contribution in [0, 0.1) is 0 Å². The lowest BCUT2D eigenvalue weighted by atomic mass is 10.0. The maximum Gasteiger partial charge on any atom is 0.335 e. The summed E-state index contributed by atoms with van der Waals surface area (Å²) in [4.78, 5) is 17.5. The summed E-state index contributed by atoms with van der Waals surface area (Å²) in [5.74, 6) is 0.337. The van der Waals surface area contributed by atoms with E-state index in [1.54, 1.807) is 36.5 Å². The second-order valence-corrected chi connectivity index (χ2v) is 7.96. The number of rotatable bonds is 5. The third-order valence-corrected chi connectivity index (χ3v) is 5.89. The molecule has 0 radical (unpaired) electrons. The molecule has 1 fully saturated rings. The van der Waals surface area contributed by atoms with Crippen LogP contribution in [0.25, 0.3) is 11.3 Å². The van der Waals surface area contributed by atoms with Gasteiger partial charge in [-0.2, -0.15) is 0 Å². The van der Waals surface area contributed by atoms with Crippen LogP contribution in [0.15, 0.2) is 89.5 Å². The Morgan fingerprint density at radius 2 is 1.76 bits per heavy atom. The Hall–Kier alpha value is -4.17. The molecule has 1 aliphatic rings. The van der Waals surface area contributed by atoms with E-state index >= 15 is 0 Å². The summed E-state index contributed by atoms with van der Waals surface area (Å²) in [6, 6.07) is 22.1. The summed E-state index contributed by atoms with van der Waals surface area (Å²) in [6.45, 7) is 0. The molecule has 1 saturated heterocycles. The van der Waals surface area contributed by atoms with Crippen molar-refractivity contribution in [3.05, 3.63) is 102 Å². The lowest BCUT2D eigenvalue weighted by Gasteiger charge is -2.26. The van der Waals surface area contributed by atoms with Crippen LogP contribution in [0.3, 0.4) is 0 Å². The number of carbonyl (C=O) groups is 1. The van der Waals surface area contributed by atoms with Gasteiger partial charge in [0.15, 0.2) is 5.11 Å².